The molecule has 1 fully saturated rings. The Hall–Kier alpha value is -2.34. The van der Waals surface area contributed by atoms with Crippen LogP contribution in [0.15, 0.2) is 30.5 Å². The lowest BCUT2D eigenvalue weighted by Gasteiger charge is -2.26. The van der Waals surface area contributed by atoms with Crippen LogP contribution >= 0.6 is 0 Å². The van der Waals surface area contributed by atoms with Crippen LogP contribution in [0.25, 0.3) is 10.9 Å². The van der Waals surface area contributed by atoms with Crippen LogP contribution in [0.5, 0.6) is 0 Å². The van der Waals surface area contributed by atoms with Crippen molar-refractivity contribution in [3.8, 4) is 0 Å². The molecule has 2 aromatic rings. The second-order valence-corrected chi connectivity index (χ2v) is 7.28. The van der Waals surface area contributed by atoms with Gasteiger partial charge in [-0.05, 0) is 31.0 Å². The van der Waals surface area contributed by atoms with E-state index in [-0.39, 0.29) is 18.4 Å². The maximum absolute atomic E-state index is 12.4. The monoisotopic (exact) mass is 357 g/mol. The summed E-state index contributed by atoms with van der Waals surface area (Å²) in [5, 5.41) is 17.3. The topological polar surface area (TPSA) is 83.4 Å². The molecule has 0 unspecified atom stereocenters. The van der Waals surface area contributed by atoms with Crippen LogP contribution in [-0.2, 0) is 16.1 Å². The van der Waals surface area contributed by atoms with Gasteiger partial charge in [-0.2, -0.15) is 0 Å². The first-order chi connectivity index (χ1) is 12.5. The van der Waals surface area contributed by atoms with E-state index in [4.69, 9.17) is 0 Å². The van der Waals surface area contributed by atoms with Crippen molar-refractivity contribution < 1.29 is 14.7 Å². The number of nitrogens with one attached hydrogen (secondary N) is 2. The first-order valence-corrected chi connectivity index (χ1v) is 9.31. The molecule has 26 heavy (non-hydrogen) atoms. The number of rotatable bonds is 5. The third-order valence-electron chi connectivity index (χ3n) is 5.09. The minimum atomic E-state index is -0.774. The number of amides is 2. The summed E-state index contributed by atoms with van der Waals surface area (Å²) in [5.74, 6) is -0.246. The zero-order valence-corrected chi connectivity index (χ0v) is 15.3. The molecule has 0 atom stereocenters. The third kappa shape index (κ3) is 4.43. The lowest BCUT2D eigenvalue weighted by atomic mass is 9.94. The van der Waals surface area contributed by atoms with Crippen molar-refractivity contribution in [3.05, 3.63) is 30.5 Å². The Labute approximate surface area is 153 Å². The number of aliphatic hydroxyl groups is 1. The first kappa shape index (κ1) is 18.5. The molecule has 0 radical (unpaired) electrons. The van der Waals surface area contributed by atoms with Gasteiger partial charge in [0.05, 0.1) is 16.8 Å². The summed E-state index contributed by atoms with van der Waals surface area (Å²) >= 11 is 0. The Morgan fingerprint density at radius 2 is 1.88 bits per heavy atom. The van der Waals surface area contributed by atoms with Crippen molar-refractivity contribution in [2.45, 2.75) is 57.6 Å². The molecule has 0 aliphatic heterocycles. The molecule has 1 saturated carbocycles. The van der Waals surface area contributed by atoms with Gasteiger partial charge in [0, 0.05) is 25.1 Å². The molecule has 6 nitrogen and oxygen atoms in total. The molecule has 1 aliphatic rings. The van der Waals surface area contributed by atoms with Gasteiger partial charge in [0.1, 0.15) is 6.54 Å². The van der Waals surface area contributed by atoms with Crippen molar-refractivity contribution in [2.24, 2.45) is 0 Å². The second-order valence-electron chi connectivity index (χ2n) is 7.28. The van der Waals surface area contributed by atoms with E-state index in [1.165, 1.54) is 6.92 Å². The molecule has 0 saturated heterocycles. The van der Waals surface area contributed by atoms with E-state index in [9.17, 15) is 14.7 Å². The maximum Gasteiger partial charge on any atom is 0.240 e. The van der Waals surface area contributed by atoms with Crippen molar-refractivity contribution >= 4 is 28.4 Å². The van der Waals surface area contributed by atoms with Crippen molar-refractivity contribution in [1.82, 2.24) is 9.88 Å². The van der Waals surface area contributed by atoms with Gasteiger partial charge in [-0.25, -0.2) is 0 Å². The number of hydrogen-bond acceptors (Lipinski definition) is 3. The number of anilines is 1. The van der Waals surface area contributed by atoms with E-state index in [1.54, 1.807) is 0 Å². The minimum absolute atomic E-state index is 0.120. The summed E-state index contributed by atoms with van der Waals surface area (Å²) in [7, 11) is 0. The van der Waals surface area contributed by atoms with Crippen LogP contribution in [-0.4, -0.2) is 33.6 Å². The Bertz CT molecular complexity index is 789. The number of carbonyl (C=O) groups is 2. The predicted octanol–water partition coefficient (Wildman–Crippen LogP) is 2.80. The van der Waals surface area contributed by atoms with Crippen molar-refractivity contribution in [3.63, 3.8) is 0 Å². The largest absolute Gasteiger partial charge is 0.388 e. The zero-order chi connectivity index (χ0) is 18.6. The molecule has 1 aromatic heterocycles. The van der Waals surface area contributed by atoms with Gasteiger partial charge < -0.3 is 20.3 Å². The lowest BCUT2D eigenvalue weighted by Crippen LogP contribution is -2.43. The number of benzene rings is 1. The van der Waals surface area contributed by atoms with Crippen LogP contribution in [0.1, 0.15) is 45.4 Å². The Balaban J connectivity index is 1.65. The molecule has 1 aliphatic carbocycles. The number of nitrogens with zero attached hydrogens (tertiary/aromatic N) is 1. The third-order valence-corrected chi connectivity index (χ3v) is 5.09. The van der Waals surface area contributed by atoms with Crippen molar-refractivity contribution in [1.29, 1.82) is 0 Å². The summed E-state index contributed by atoms with van der Waals surface area (Å²) in [6.07, 6.45) is 7.68. The normalized spacial score (nSPS) is 16.8. The summed E-state index contributed by atoms with van der Waals surface area (Å²) in [6, 6.07) is 7.52. The summed E-state index contributed by atoms with van der Waals surface area (Å²) in [4.78, 5) is 23.7. The Morgan fingerprint density at radius 1 is 1.15 bits per heavy atom. The molecule has 3 rings (SSSR count). The highest BCUT2D eigenvalue weighted by molar-refractivity contribution is 6.01. The van der Waals surface area contributed by atoms with E-state index in [1.807, 2.05) is 35.0 Å². The fourth-order valence-corrected chi connectivity index (χ4v) is 3.70. The van der Waals surface area contributed by atoms with E-state index < -0.39 is 5.60 Å². The van der Waals surface area contributed by atoms with E-state index in [0.29, 0.717) is 6.54 Å². The quantitative estimate of drug-likeness (QED) is 0.720. The molecule has 6 heteroatoms. The molecule has 140 valence electrons. The van der Waals surface area contributed by atoms with Gasteiger partial charge in [0.15, 0.2) is 0 Å². The number of hydrogen-bond donors (Lipinski definition) is 3. The molecule has 0 spiro atoms. The molecule has 3 N–H and O–H groups in total. The minimum Gasteiger partial charge on any atom is -0.388 e. The van der Waals surface area contributed by atoms with Gasteiger partial charge in [0.2, 0.25) is 11.8 Å². The van der Waals surface area contributed by atoms with Gasteiger partial charge in [-0.15, -0.1) is 0 Å². The molecule has 2 amide bonds. The highest BCUT2D eigenvalue weighted by Crippen LogP contribution is 2.27. The molecule has 1 heterocycles. The van der Waals surface area contributed by atoms with Crippen LogP contribution < -0.4 is 10.6 Å². The lowest BCUT2D eigenvalue weighted by molar-refractivity contribution is -0.123. The molecular weight excluding hydrogens is 330 g/mol. The fourth-order valence-electron chi connectivity index (χ4n) is 3.70. The van der Waals surface area contributed by atoms with Gasteiger partial charge >= 0.3 is 0 Å². The van der Waals surface area contributed by atoms with E-state index in [0.717, 1.165) is 55.1 Å². The zero-order valence-electron chi connectivity index (χ0n) is 15.3. The average Bonchev–Trinajstić information content (AvgIpc) is 2.87. The van der Waals surface area contributed by atoms with Gasteiger partial charge in [0.25, 0.3) is 0 Å². The maximum atomic E-state index is 12.4. The van der Waals surface area contributed by atoms with Gasteiger partial charge in [-0.3, -0.25) is 9.59 Å². The number of fused-ring (bicyclic) bond motifs is 1. The number of carbonyl (C=O) groups excluding carboxylic acids is 2. The smallest absolute Gasteiger partial charge is 0.240 e. The fraction of sp³-hybridized carbons (Fsp3) is 0.500. The van der Waals surface area contributed by atoms with Gasteiger partial charge in [-0.1, -0.05) is 31.7 Å². The summed E-state index contributed by atoms with van der Waals surface area (Å²) < 4.78 is 1.85. The van der Waals surface area contributed by atoms with E-state index in [2.05, 4.69) is 10.6 Å². The predicted molar refractivity (Wildman–Crippen MR) is 102 cm³/mol. The van der Waals surface area contributed by atoms with Crippen LogP contribution in [0.4, 0.5) is 5.69 Å². The van der Waals surface area contributed by atoms with Crippen LogP contribution in [0.2, 0.25) is 0 Å². The standard InChI is InChI=1S/C20H27N3O3/c1-15(24)22-17-7-6-8-18-16(17)9-12-23(18)13-19(25)21-14-20(26)10-4-2-3-5-11-20/h6-9,12,26H,2-5,10-11,13-14H2,1H3,(H,21,25)(H,22,24). The second kappa shape index (κ2) is 7.91. The molecular formula is C20H27N3O3. The first-order valence-electron chi connectivity index (χ1n) is 9.31. The van der Waals surface area contributed by atoms with E-state index >= 15 is 0 Å². The van der Waals surface area contributed by atoms with Crippen molar-refractivity contribution in [2.75, 3.05) is 11.9 Å². The summed E-state index contributed by atoms with van der Waals surface area (Å²) in [6.45, 7) is 1.97. The molecule has 0 bridgehead atoms. The number of aromatic nitrogens is 1. The average molecular weight is 357 g/mol. The highest BCUT2D eigenvalue weighted by Gasteiger charge is 2.28. The SMILES string of the molecule is CC(=O)Nc1cccc2c1ccn2CC(=O)NCC1(O)CCCCCC1. The molecule has 1 aromatic carbocycles. The highest BCUT2D eigenvalue weighted by atomic mass is 16.3. The summed E-state index contributed by atoms with van der Waals surface area (Å²) in [5.41, 5.74) is 0.852. The Morgan fingerprint density at radius 3 is 2.58 bits per heavy atom. The van der Waals surface area contributed by atoms with Crippen LogP contribution in [0.3, 0.4) is 0 Å². The Kier molecular flexibility index (Phi) is 5.61. The van der Waals surface area contributed by atoms with Crippen LogP contribution in [0, 0.1) is 0 Å².